The number of Topliss-reactive ketones (excluding diaryl/α,β-unsaturated/α-hetero) is 1. The Hall–Kier alpha value is -2.12. The maximum absolute atomic E-state index is 12.3. The molecule has 1 aromatic carbocycles. The minimum Gasteiger partial charge on any atom is -0.497 e. The van der Waals surface area contributed by atoms with Crippen LogP contribution >= 0.6 is 0 Å². The third-order valence-electron chi connectivity index (χ3n) is 2.68. The van der Waals surface area contributed by atoms with Crippen LogP contribution < -0.4 is 4.74 Å². The molecule has 0 amide bonds. The fraction of sp³-hybridized carbons (Fsp3) is 0.417. The molecular weight excluding hydrogens is 279 g/mol. The number of benzene rings is 1. The Labute approximate surface area is 112 Å². The van der Waals surface area contributed by atoms with Gasteiger partial charge in [-0.2, -0.15) is 13.2 Å². The molecule has 0 aliphatic carbocycles. The summed E-state index contributed by atoms with van der Waals surface area (Å²) in [5.41, 5.74) is 0.263. The zero-order valence-corrected chi connectivity index (χ0v) is 10.5. The Kier molecular flexibility index (Phi) is 5.06. The molecule has 20 heavy (non-hydrogen) atoms. The lowest BCUT2D eigenvalue weighted by molar-refractivity contribution is -0.483. The van der Waals surface area contributed by atoms with Crippen LogP contribution in [0, 0.1) is 10.1 Å². The number of methoxy groups -OCH3 is 1. The quantitative estimate of drug-likeness (QED) is 0.596. The first kappa shape index (κ1) is 15.9. The minimum atomic E-state index is -4.99. The first-order valence-electron chi connectivity index (χ1n) is 5.59. The van der Waals surface area contributed by atoms with E-state index in [0.29, 0.717) is 5.75 Å². The first-order valence-corrected chi connectivity index (χ1v) is 5.59. The number of carbonyl (C=O) groups is 1. The third kappa shape index (κ3) is 4.52. The minimum absolute atomic E-state index is 0.263. The van der Waals surface area contributed by atoms with E-state index >= 15 is 0 Å². The van der Waals surface area contributed by atoms with E-state index in [1.165, 1.54) is 25.3 Å². The summed E-state index contributed by atoms with van der Waals surface area (Å²) in [6, 6.07) is 5.87. The van der Waals surface area contributed by atoms with E-state index in [-0.39, 0.29) is 5.56 Å². The van der Waals surface area contributed by atoms with Gasteiger partial charge in [-0.05, 0) is 17.7 Å². The van der Waals surface area contributed by atoms with Crippen molar-refractivity contribution >= 4 is 5.78 Å². The van der Waals surface area contributed by atoms with Crippen molar-refractivity contribution in [3.05, 3.63) is 39.9 Å². The summed E-state index contributed by atoms with van der Waals surface area (Å²) >= 11 is 0. The van der Waals surface area contributed by atoms with Gasteiger partial charge in [0.15, 0.2) is 0 Å². The van der Waals surface area contributed by atoms with Crippen molar-refractivity contribution in [2.75, 3.05) is 13.7 Å². The highest BCUT2D eigenvalue weighted by molar-refractivity contribution is 5.84. The molecule has 1 atom stereocenters. The van der Waals surface area contributed by atoms with Crippen molar-refractivity contribution in [1.82, 2.24) is 0 Å². The monoisotopic (exact) mass is 291 g/mol. The zero-order chi connectivity index (χ0) is 15.3. The van der Waals surface area contributed by atoms with Crippen LogP contribution in [0.25, 0.3) is 0 Å². The van der Waals surface area contributed by atoms with E-state index < -0.39 is 35.8 Å². The molecule has 0 radical (unpaired) electrons. The molecule has 0 saturated carbocycles. The normalized spacial score (nSPS) is 12.8. The van der Waals surface area contributed by atoms with E-state index in [9.17, 15) is 28.1 Å². The van der Waals surface area contributed by atoms with Crippen LogP contribution in [0.2, 0.25) is 0 Å². The molecule has 0 N–H and O–H groups in total. The van der Waals surface area contributed by atoms with Gasteiger partial charge in [0.1, 0.15) is 5.75 Å². The van der Waals surface area contributed by atoms with Crippen LogP contribution in [0.15, 0.2) is 24.3 Å². The highest BCUT2D eigenvalue weighted by Gasteiger charge is 2.40. The molecule has 1 unspecified atom stereocenters. The van der Waals surface area contributed by atoms with E-state index in [2.05, 4.69) is 0 Å². The Morgan fingerprint density at radius 2 is 2.10 bits per heavy atom. The van der Waals surface area contributed by atoms with Crippen LogP contribution in [0.4, 0.5) is 13.2 Å². The second kappa shape index (κ2) is 6.36. The lowest BCUT2D eigenvalue weighted by Gasteiger charge is -2.14. The van der Waals surface area contributed by atoms with Crippen molar-refractivity contribution in [3.8, 4) is 5.75 Å². The van der Waals surface area contributed by atoms with Gasteiger partial charge in [-0.3, -0.25) is 14.9 Å². The van der Waals surface area contributed by atoms with Gasteiger partial charge in [0.05, 0.1) is 13.0 Å². The maximum Gasteiger partial charge on any atom is 0.449 e. The molecule has 1 aromatic rings. The molecule has 0 aliphatic heterocycles. The molecule has 0 fully saturated rings. The van der Waals surface area contributed by atoms with Gasteiger partial charge in [0, 0.05) is 11.3 Å². The van der Waals surface area contributed by atoms with Crippen LogP contribution in [0.5, 0.6) is 5.75 Å². The van der Waals surface area contributed by atoms with Crippen molar-refractivity contribution in [3.63, 3.8) is 0 Å². The largest absolute Gasteiger partial charge is 0.497 e. The van der Waals surface area contributed by atoms with Gasteiger partial charge >= 0.3 is 6.18 Å². The van der Waals surface area contributed by atoms with Crippen LogP contribution in [-0.4, -0.2) is 30.5 Å². The fourth-order valence-electron chi connectivity index (χ4n) is 1.70. The fourth-order valence-corrected chi connectivity index (χ4v) is 1.70. The number of nitrogens with zero attached hydrogens (tertiary/aromatic N) is 1. The van der Waals surface area contributed by atoms with Gasteiger partial charge in [-0.1, -0.05) is 12.1 Å². The number of ether oxygens (including phenoxy) is 1. The number of ketones is 1. The van der Waals surface area contributed by atoms with Gasteiger partial charge < -0.3 is 4.74 Å². The number of hydrogen-bond acceptors (Lipinski definition) is 4. The molecule has 0 bridgehead atoms. The Morgan fingerprint density at radius 1 is 1.45 bits per heavy atom. The smallest absolute Gasteiger partial charge is 0.449 e. The topological polar surface area (TPSA) is 69.4 Å². The molecule has 0 saturated heterocycles. The van der Waals surface area contributed by atoms with Crippen molar-refractivity contribution < 1.29 is 27.6 Å². The lowest BCUT2D eigenvalue weighted by atomic mass is 9.93. The Balaban J connectivity index is 2.99. The van der Waals surface area contributed by atoms with Crippen LogP contribution in [-0.2, 0) is 4.79 Å². The molecule has 1 rings (SSSR count). The number of rotatable bonds is 6. The maximum atomic E-state index is 12.3. The molecular formula is C12H12F3NO4. The van der Waals surface area contributed by atoms with Gasteiger partial charge in [0.2, 0.25) is 12.3 Å². The Morgan fingerprint density at radius 3 is 2.60 bits per heavy atom. The van der Waals surface area contributed by atoms with Crippen molar-refractivity contribution in [2.24, 2.45) is 0 Å². The summed E-state index contributed by atoms with van der Waals surface area (Å²) in [6.07, 6.45) is -5.95. The summed E-state index contributed by atoms with van der Waals surface area (Å²) in [5.74, 6) is -2.77. The molecule has 5 nitrogen and oxygen atoms in total. The summed E-state index contributed by atoms with van der Waals surface area (Å²) in [4.78, 5) is 20.8. The number of alkyl halides is 3. The second-order valence-electron chi connectivity index (χ2n) is 4.11. The summed E-state index contributed by atoms with van der Waals surface area (Å²) in [5, 5.41) is 10.6. The molecule has 0 spiro atoms. The predicted molar refractivity (Wildman–Crippen MR) is 63.3 cm³/mol. The van der Waals surface area contributed by atoms with Gasteiger partial charge in [0.25, 0.3) is 0 Å². The molecule has 0 aliphatic rings. The van der Waals surface area contributed by atoms with Gasteiger partial charge in [-0.25, -0.2) is 0 Å². The van der Waals surface area contributed by atoms with E-state index in [1.807, 2.05) is 0 Å². The number of nitro groups is 1. The highest BCUT2D eigenvalue weighted by Crippen LogP contribution is 2.28. The average molecular weight is 291 g/mol. The lowest BCUT2D eigenvalue weighted by Crippen LogP contribution is -2.27. The second-order valence-corrected chi connectivity index (χ2v) is 4.11. The molecule has 0 aromatic heterocycles. The number of hydrogen-bond donors (Lipinski definition) is 0. The molecule has 8 heteroatoms. The number of carbonyl (C=O) groups excluding carboxylic acids is 1. The summed E-state index contributed by atoms with van der Waals surface area (Å²) in [7, 11) is 1.36. The predicted octanol–water partition coefficient (Wildman–Crippen LogP) is 2.58. The van der Waals surface area contributed by atoms with Crippen LogP contribution in [0.1, 0.15) is 17.9 Å². The highest BCUT2D eigenvalue weighted by atomic mass is 19.4. The standard InChI is InChI=1S/C12H12F3NO4/c1-20-10-4-2-3-8(5-10)9(7-16(18)19)6-11(17)12(13,14)15/h2-5,9H,6-7H2,1H3. The Bertz CT molecular complexity index is 502. The summed E-state index contributed by atoms with van der Waals surface area (Å²) in [6.45, 7) is -0.755. The van der Waals surface area contributed by atoms with Crippen LogP contribution in [0.3, 0.4) is 0 Å². The van der Waals surface area contributed by atoms with E-state index in [1.54, 1.807) is 6.07 Å². The SMILES string of the molecule is COc1cccc(C(CC(=O)C(F)(F)F)C[N+](=O)[O-])c1. The summed E-state index contributed by atoms with van der Waals surface area (Å²) < 4.78 is 41.7. The van der Waals surface area contributed by atoms with E-state index in [0.717, 1.165) is 0 Å². The van der Waals surface area contributed by atoms with E-state index in [4.69, 9.17) is 4.74 Å². The molecule has 0 heterocycles. The molecule has 110 valence electrons. The third-order valence-corrected chi connectivity index (χ3v) is 2.68. The average Bonchev–Trinajstić information content (AvgIpc) is 2.36. The number of halogens is 3. The van der Waals surface area contributed by atoms with Crippen molar-refractivity contribution in [1.29, 1.82) is 0 Å². The van der Waals surface area contributed by atoms with Crippen molar-refractivity contribution in [2.45, 2.75) is 18.5 Å². The first-order chi connectivity index (χ1) is 9.24. The zero-order valence-electron chi connectivity index (χ0n) is 10.5. The van der Waals surface area contributed by atoms with Gasteiger partial charge in [-0.15, -0.1) is 0 Å².